The van der Waals surface area contributed by atoms with E-state index in [4.69, 9.17) is 4.74 Å². The van der Waals surface area contributed by atoms with Crippen molar-refractivity contribution in [2.24, 2.45) is 0 Å². The van der Waals surface area contributed by atoms with Crippen molar-refractivity contribution in [3.8, 4) is 16.3 Å². The van der Waals surface area contributed by atoms with E-state index < -0.39 is 5.97 Å². The van der Waals surface area contributed by atoms with Gasteiger partial charge < -0.3 is 10.1 Å². The van der Waals surface area contributed by atoms with Crippen molar-refractivity contribution in [1.29, 1.82) is 0 Å². The number of nitrogens with zero attached hydrogens (tertiary/aromatic N) is 2. The van der Waals surface area contributed by atoms with Gasteiger partial charge in [-0.2, -0.15) is 5.10 Å². The molecule has 0 aliphatic carbocycles. The quantitative estimate of drug-likeness (QED) is 0.724. The third kappa shape index (κ3) is 3.36. The van der Waals surface area contributed by atoms with Gasteiger partial charge in [-0.15, -0.1) is 11.3 Å². The molecule has 2 heterocycles. The minimum atomic E-state index is -0.599. The first-order valence-electron chi connectivity index (χ1n) is 7.26. The summed E-state index contributed by atoms with van der Waals surface area (Å²) in [4.78, 5) is 24.6. The number of ether oxygens (including phenoxy) is 1. The van der Waals surface area contributed by atoms with E-state index in [-0.39, 0.29) is 18.2 Å². The molecule has 0 saturated heterocycles. The molecule has 3 rings (SSSR count). The van der Waals surface area contributed by atoms with Gasteiger partial charge in [0, 0.05) is 13.1 Å². The first-order chi connectivity index (χ1) is 11.7. The highest BCUT2D eigenvalue weighted by Crippen LogP contribution is 2.26. The van der Waals surface area contributed by atoms with Crippen LogP contribution in [-0.4, -0.2) is 35.3 Å². The van der Waals surface area contributed by atoms with E-state index in [9.17, 15) is 9.59 Å². The number of aromatic nitrogens is 2. The van der Waals surface area contributed by atoms with Gasteiger partial charge in [0.1, 0.15) is 5.69 Å². The van der Waals surface area contributed by atoms with Crippen LogP contribution in [0.25, 0.3) is 16.3 Å². The number of likely N-dealkylation sites (N-methyl/N-ethyl adjacent to an activating group) is 1. The summed E-state index contributed by atoms with van der Waals surface area (Å²) in [5, 5.41) is 8.87. The molecule has 1 N–H and O–H groups in total. The number of carbonyl (C=O) groups excluding carboxylic acids is 2. The second kappa shape index (κ2) is 7.10. The first kappa shape index (κ1) is 15.9. The molecule has 0 atom stereocenters. The van der Waals surface area contributed by atoms with Crippen molar-refractivity contribution < 1.29 is 14.3 Å². The van der Waals surface area contributed by atoms with Crippen molar-refractivity contribution >= 4 is 23.2 Å². The number of hydrogen-bond donors (Lipinski definition) is 1. The SMILES string of the molecule is CNC(=O)COC(=O)c1cc(-c2cccs2)nn1-c1ccccc1. The van der Waals surface area contributed by atoms with Gasteiger partial charge in [-0.1, -0.05) is 24.3 Å². The Hall–Kier alpha value is -2.93. The lowest BCUT2D eigenvalue weighted by Crippen LogP contribution is -2.25. The van der Waals surface area contributed by atoms with Gasteiger partial charge in [-0.25, -0.2) is 9.48 Å². The van der Waals surface area contributed by atoms with Gasteiger partial charge in [-0.3, -0.25) is 4.79 Å². The topological polar surface area (TPSA) is 73.2 Å². The van der Waals surface area contributed by atoms with Crippen LogP contribution < -0.4 is 5.32 Å². The number of nitrogens with one attached hydrogen (secondary N) is 1. The standard InChI is InChI=1S/C17H15N3O3S/c1-18-16(21)11-23-17(22)14-10-13(15-8-5-9-24-15)19-20(14)12-6-3-2-4-7-12/h2-10H,11H2,1H3,(H,18,21). The minimum Gasteiger partial charge on any atom is -0.451 e. The van der Waals surface area contributed by atoms with E-state index in [0.717, 1.165) is 10.6 Å². The van der Waals surface area contributed by atoms with Crippen LogP contribution >= 0.6 is 11.3 Å². The van der Waals surface area contributed by atoms with E-state index in [1.54, 1.807) is 6.07 Å². The number of rotatable bonds is 5. The molecule has 6 nitrogen and oxygen atoms in total. The predicted molar refractivity (Wildman–Crippen MR) is 91.2 cm³/mol. The zero-order valence-electron chi connectivity index (χ0n) is 12.9. The Kier molecular flexibility index (Phi) is 4.72. The summed E-state index contributed by atoms with van der Waals surface area (Å²) >= 11 is 1.53. The number of benzene rings is 1. The number of amides is 1. The van der Waals surface area contributed by atoms with Crippen molar-refractivity contribution in [3.05, 3.63) is 59.6 Å². The summed E-state index contributed by atoms with van der Waals surface area (Å²) in [7, 11) is 1.49. The summed E-state index contributed by atoms with van der Waals surface area (Å²) in [6, 6.07) is 14.8. The fraction of sp³-hybridized carbons (Fsp3) is 0.118. The molecule has 0 bridgehead atoms. The highest BCUT2D eigenvalue weighted by atomic mass is 32.1. The molecule has 2 aromatic heterocycles. The molecule has 0 aliphatic heterocycles. The summed E-state index contributed by atoms with van der Waals surface area (Å²) in [6.07, 6.45) is 0. The zero-order valence-corrected chi connectivity index (χ0v) is 13.7. The Bertz CT molecular complexity index is 841. The molecule has 0 unspecified atom stereocenters. The molecule has 122 valence electrons. The maximum atomic E-state index is 12.4. The molecule has 0 fully saturated rings. The highest BCUT2D eigenvalue weighted by Gasteiger charge is 2.20. The van der Waals surface area contributed by atoms with E-state index in [2.05, 4.69) is 10.4 Å². The molecule has 0 saturated carbocycles. The third-order valence-corrected chi connectivity index (χ3v) is 4.20. The van der Waals surface area contributed by atoms with Crippen LogP contribution in [-0.2, 0) is 9.53 Å². The molecule has 3 aromatic rings. The lowest BCUT2D eigenvalue weighted by molar-refractivity contribution is -0.123. The van der Waals surface area contributed by atoms with Gasteiger partial charge in [-0.05, 0) is 23.6 Å². The van der Waals surface area contributed by atoms with Gasteiger partial charge in [0.15, 0.2) is 12.3 Å². The predicted octanol–water partition coefficient (Wildman–Crippen LogP) is 2.50. The van der Waals surface area contributed by atoms with Gasteiger partial charge >= 0.3 is 5.97 Å². The number of thiophene rings is 1. The van der Waals surface area contributed by atoms with Crippen LogP contribution in [0.1, 0.15) is 10.5 Å². The van der Waals surface area contributed by atoms with Crippen LogP contribution in [0.15, 0.2) is 53.9 Å². The fourth-order valence-corrected chi connectivity index (χ4v) is 2.80. The van der Waals surface area contributed by atoms with Gasteiger partial charge in [0.05, 0.1) is 10.6 Å². The van der Waals surface area contributed by atoms with Crippen molar-refractivity contribution in [2.45, 2.75) is 0 Å². The lowest BCUT2D eigenvalue weighted by Gasteiger charge is -2.07. The second-order valence-corrected chi connectivity index (χ2v) is 5.84. The maximum absolute atomic E-state index is 12.4. The molecule has 0 spiro atoms. The largest absolute Gasteiger partial charge is 0.451 e. The first-order valence-corrected chi connectivity index (χ1v) is 8.14. The summed E-state index contributed by atoms with van der Waals surface area (Å²) in [5.41, 5.74) is 1.70. The molecule has 0 aliphatic rings. The fourth-order valence-electron chi connectivity index (χ4n) is 2.11. The molecule has 1 aromatic carbocycles. The van der Waals surface area contributed by atoms with Crippen molar-refractivity contribution in [2.75, 3.05) is 13.7 Å². The van der Waals surface area contributed by atoms with Crippen LogP contribution in [0.4, 0.5) is 0 Å². The highest BCUT2D eigenvalue weighted by molar-refractivity contribution is 7.13. The Morgan fingerprint density at radius 1 is 1.21 bits per heavy atom. The average molecular weight is 341 g/mol. The van der Waals surface area contributed by atoms with E-state index in [1.165, 1.54) is 23.1 Å². The molecule has 7 heteroatoms. The van der Waals surface area contributed by atoms with E-state index >= 15 is 0 Å². The average Bonchev–Trinajstić information content (AvgIpc) is 3.29. The number of esters is 1. The molecule has 24 heavy (non-hydrogen) atoms. The third-order valence-electron chi connectivity index (χ3n) is 3.31. The van der Waals surface area contributed by atoms with Crippen molar-refractivity contribution in [3.63, 3.8) is 0 Å². The van der Waals surface area contributed by atoms with E-state index in [1.807, 2.05) is 47.8 Å². The molecule has 0 radical (unpaired) electrons. The molecular weight excluding hydrogens is 326 g/mol. The Morgan fingerprint density at radius 2 is 2.00 bits per heavy atom. The Morgan fingerprint density at radius 3 is 2.67 bits per heavy atom. The molecular formula is C17H15N3O3S. The summed E-state index contributed by atoms with van der Waals surface area (Å²) in [5.74, 6) is -0.967. The maximum Gasteiger partial charge on any atom is 0.357 e. The Labute approximate surface area is 142 Å². The molecule has 1 amide bonds. The monoisotopic (exact) mass is 341 g/mol. The summed E-state index contributed by atoms with van der Waals surface area (Å²) < 4.78 is 6.59. The van der Waals surface area contributed by atoms with Gasteiger partial charge in [0.2, 0.25) is 0 Å². The van der Waals surface area contributed by atoms with Crippen LogP contribution in [0.5, 0.6) is 0 Å². The smallest absolute Gasteiger partial charge is 0.357 e. The lowest BCUT2D eigenvalue weighted by atomic mass is 10.3. The second-order valence-electron chi connectivity index (χ2n) is 4.89. The number of carbonyl (C=O) groups is 2. The minimum absolute atomic E-state index is 0.272. The van der Waals surface area contributed by atoms with Crippen LogP contribution in [0.2, 0.25) is 0 Å². The van der Waals surface area contributed by atoms with E-state index in [0.29, 0.717) is 5.69 Å². The summed E-state index contributed by atoms with van der Waals surface area (Å²) in [6.45, 7) is -0.330. The van der Waals surface area contributed by atoms with Crippen LogP contribution in [0, 0.1) is 0 Å². The van der Waals surface area contributed by atoms with Gasteiger partial charge in [0.25, 0.3) is 5.91 Å². The zero-order chi connectivity index (χ0) is 16.9. The van der Waals surface area contributed by atoms with Crippen molar-refractivity contribution in [1.82, 2.24) is 15.1 Å². The number of hydrogen-bond acceptors (Lipinski definition) is 5. The van der Waals surface area contributed by atoms with Crippen LogP contribution in [0.3, 0.4) is 0 Å². The normalized spacial score (nSPS) is 10.4. The number of para-hydroxylation sites is 1. The Balaban J connectivity index is 1.97.